The van der Waals surface area contributed by atoms with Crippen LogP contribution < -0.4 is 10.6 Å². The summed E-state index contributed by atoms with van der Waals surface area (Å²) in [5.41, 5.74) is 0.394. The third kappa shape index (κ3) is 4.97. The van der Waals surface area contributed by atoms with Crippen LogP contribution in [0.4, 0.5) is 0 Å². The highest BCUT2D eigenvalue weighted by atomic mass is 127. The van der Waals surface area contributed by atoms with Gasteiger partial charge in [-0.1, -0.05) is 13.3 Å². The van der Waals surface area contributed by atoms with E-state index in [1.807, 2.05) is 0 Å². The molecule has 0 bridgehead atoms. The molecule has 24 heavy (non-hydrogen) atoms. The van der Waals surface area contributed by atoms with Gasteiger partial charge in [0.25, 0.3) is 0 Å². The Kier molecular flexibility index (Phi) is 8.25. The summed E-state index contributed by atoms with van der Waals surface area (Å²) < 4.78 is 29.1. The quantitative estimate of drug-likeness (QED) is 0.350. The largest absolute Gasteiger partial charge is 0.381 e. The number of hydrogen-bond donors (Lipinski definition) is 2. The van der Waals surface area contributed by atoms with Crippen molar-refractivity contribution >= 4 is 39.8 Å². The van der Waals surface area contributed by atoms with Crippen molar-refractivity contribution in [3.63, 3.8) is 0 Å². The molecule has 0 aromatic heterocycles. The fourth-order valence-electron chi connectivity index (χ4n) is 3.49. The van der Waals surface area contributed by atoms with Crippen LogP contribution in [-0.4, -0.2) is 58.7 Å². The van der Waals surface area contributed by atoms with Crippen LogP contribution in [-0.2, 0) is 14.6 Å². The summed E-state index contributed by atoms with van der Waals surface area (Å²) in [4.78, 5) is 4.25. The fraction of sp³-hybridized carbons (Fsp3) is 0.938. The Morgan fingerprint density at radius 1 is 1.12 bits per heavy atom. The van der Waals surface area contributed by atoms with E-state index >= 15 is 0 Å². The maximum atomic E-state index is 12.3. The second-order valence-corrected chi connectivity index (χ2v) is 9.46. The average molecular weight is 473 g/mol. The minimum absolute atomic E-state index is 0. The minimum Gasteiger partial charge on any atom is -0.381 e. The van der Waals surface area contributed by atoms with Gasteiger partial charge in [-0.15, -0.1) is 24.0 Å². The number of aliphatic imine (C=N–C) groups is 1. The lowest BCUT2D eigenvalue weighted by atomic mass is 9.67. The number of guanidine groups is 1. The maximum absolute atomic E-state index is 12.3. The minimum atomic E-state index is -3.16. The maximum Gasteiger partial charge on any atom is 0.191 e. The standard InChI is InChI=1S/C16H31N3O3S.HI/c1-4-15(6-5-7-15)12-18-14(17-2)19-13-16(23(3,20)21)8-10-22-11-9-16;/h4-13H2,1-3H3,(H2,17,18,19);1H. The van der Waals surface area contributed by atoms with Crippen molar-refractivity contribution in [3.05, 3.63) is 0 Å². The molecule has 0 aromatic carbocycles. The van der Waals surface area contributed by atoms with Crippen LogP contribution in [0.3, 0.4) is 0 Å². The van der Waals surface area contributed by atoms with Gasteiger partial charge < -0.3 is 15.4 Å². The molecule has 2 aliphatic rings. The number of hydrogen-bond acceptors (Lipinski definition) is 4. The zero-order valence-electron chi connectivity index (χ0n) is 15.1. The van der Waals surface area contributed by atoms with E-state index in [2.05, 4.69) is 22.5 Å². The van der Waals surface area contributed by atoms with Crippen LogP contribution in [0.2, 0.25) is 0 Å². The first kappa shape index (κ1) is 22.0. The van der Waals surface area contributed by atoms with Gasteiger partial charge in [0.15, 0.2) is 15.8 Å². The van der Waals surface area contributed by atoms with Gasteiger partial charge in [0.2, 0.25) is 0 Å². The van der Waals surface area contributed by atoms with Crippen LogP contribution in [0.25, 0.3) is 0 Å². The van der Waals surface area contributed by atoms with Crippen molar-refractivity contribution in [2.75, 3.05) is 39.6 Å². The molecule has 8 heteroatoms. The van der Waals surface area contributed by atoms with Gasteiger partial charge in [0.1, 0.15) is 0 Å². The molecular weight excluding hydrogens is 441 g/mol. The Labute approximate surface area is 163 Å². The topological polar surface area (TPSA) is 79.8 Å². The predicted octanol–water partition coefficient (Wildman–Crippen LogP) is 1.94. The Hall–Kier alpha value is -0.0900. The molecule has 1 heterocycles. The van der Waals surface area contributed by atoms with Crippen LogP contribution in [0, 0.1) is 5.41 Å². The Bertz CT molecular complexity index is 521. The Morgan fingerprint density at radius 3 is 2.12 bits per heavy atom. The molecule has 0 aromatic rings. The first-order valence-electron chi connectivity index (χ1n) is 8.58. The van der Waals surface area contributed by atoms with Crippen LogP contribution in [0.15, 0.2) is 4.99 Å². The van der Waals surface area contributed by atoms with Gasteiger partial charge in [-0.25, -0.2) is 8.42 Å². The van der Waals surface area contributed by atoms with E-state index in [0.29, 0.717) is 44.0 Å². The number of rotatable bonds is 6. The SMILES string of the molecule is CCC1(CNC(=NC)NCC2(S(C)(=O)=O)CCOCC2)CCC1.I. The van der Waals surface area contributed by atoms with Gasteiger partial charge in [-0.3, -0.25) is 4.99 Å². The molecule has 0 atom stereocenters. The molecular formula is C16H32IN3O3S. The second kappa shape index (κ2) is 9.02. The summed E-state index contributed by atoms with van der Waals surface area (Å²) >= 11 is 0. The molecule has 1 aliphatic heterocycles. The van der Waals surface area contributed by atoms with Crippen LogP contribution in [0.1, 0.15) is 45.4 Å². The van der Waals surface area contributed by atoms with Gasteiger partial charge in [-0.2, -0.15) is 0 Å². The summed E-state index contributed by atoms with van der Waals surface area (Å²) in [5, 5.41) is 6.62. The fourth-order valence-corrected chi connectivity index (χ4v) is 4.73. The zero-order chi connectivity index (χ0) is 17.0. The van der Waals surface area contributed by atoms with Crippen molar-refractivity contribution < 1.29 is 13.2 Å². The van der Waals surface area contributed by atoms with Gasteiger partial charge in [0.05, 0.1) is 4.75 Å². The predicted molar refractivity (Wildman–Crippen MR) is 109 cm³/mol. The molecule has 2 N–H and O–H groups in total. The van der Waals surface area contributed by atoms with Crippen molar-refractivity contribution in [1.82, 2.24) is 10.6 Å². The zero-order valence-corrected chi connectivity index (χ0v) is 18.2. The first-order chi connectivity index (χ1) is 10.9. The molecule has 1 saturated heterocycles. The van der Waals surface area contributed by atoms with E-state index in [-0.39, 0.29) is 24.0 Å². The van der Waals surface area contributed by atoms with Crippen LogP contribution in [0.5, 0.6) is 0 Å². The van der Waals surface area contributed by atoms with Gasteiger partial charge in [-0.05, 0) is 37.5 Å². The number of halogens is 1. The summed E-state index contributed by atoms with van der Waals surface area (Å²) in [6.45, 7) is 4.52. The van der Waals surface area contributed by atoms with Crippen molar-refractivity contribution in [2.45, 2.75) is 50.2 Å². The third-order valence-electron chi connectivity index (χ3n) is 5.79. The van der Waals surface area contributed by atoms with Crippen molar-refractivity contribution in [1.29, 1.82) is 0 Å². The summed E-state index contributed by atoms with van der Waals surface area (Å²) in [6.07, 6.45) is 7.40. The first-order valence-corrected chi connectivity index (χ1v) is 10.5. The summed E-state index contributed by atoms with van der Waals surface area (Å²) in [5.74, 6) is 0.694. The normalized spacial score (nSPS) is 22.9. The molecule has 2 rings (SSSR count). The summed E-state index contributed by atoms with van der Waals surface area (Å²) in [7, 11) is -1.43. The molecule has 0 amide bonds. The molecule has 0 radical (unpaired) electrons. The Morgan fingerprint density at radius 2 is 1.71 bits per heavy atom. The lowest BCUT2D eigenvalue weighted by molar-refractivity contribution is 0.0755. The lowest BCUT2D eigenvalue weighted by Crippen LogP contribution is -2.54. The highest BCUT2D eigenvalue weighted by molar-refractivity contribution is 14.0. The molecule has 0 spiro atoms. The molecule has 1 aliphatic carbocycles. The number of nitrogens with zero attached hydrogens (tertiary/aromatic N) is 1. The highest BCUT2D eigenvalue weighted by Crippen LogP contribution is 2.43. The highest BCUT2D eigenvalue weighted by Gasteiger charge is 2.42. The van der Waals surface area contributed by atoms with Gasteiger partial charge in [0, 0.05) is 39.6 Å². The van der Waals surface area contributed by atoms with E-state index in [4.69, 9.17) is 4.74 Å². The van der Waals surface area contributed by atoms with E-state index in [9.17, 15) is 8.42 Å². The van der Waals surface area contributed by atoms with E-state index < -0.39 is 14.6 Å². The third-order valence-corrected chi connectivity index (χ3v) is 7.91. The van der Waals surface area contributed by atoms with E-state index in [1.54, 1.807) is 7.05 Å². The number of ether oxygens (including phenoxy) is 1. The molecule has 1 saturated carbocycles. The number of nitrogens with one attached hydrogen (secondary N) is 2. The van der Waals surface area contributed by atoms with Gasteiger partial charge >= 0.3 is 0 Å². The lowest BCUT2D eigenvalue weighted by Gasteiger charge is -2.42. The number of sulfone groups is 1. The second-order valence-electron chi connectivity index (χ2n) is 7.05. The van der Waals surface area contributed by atoms with Crippen molar-refractivity contribution in [3.8, 4) is 0 Å². The molecule has 2 fully saturated rings. The average Bonchev–Trinajstić information content (AvgIpc) is 2.49. The monoisotopic (exact) mass is 473 g/mol. The molecule has 0 unspecified atom stereocenters. The van der Waals surface area contributed by atoms with Crippen molar-refractivity contribution in [2.24, 2.45) is 10.4 Å². The van der Waals surface area contributed by atoms with E-state index in [1.165, 1.54) is 31.9 Å². The molecule has 6 nitrogen and oxygen atoms in total. The smallest absolute Gasteiger partial charge is 0.191 e. The summed E-state index contributed by atoms with van der Waals surface area (Å²) in [6, 6.07) is 0. The molecule has 142 valence electrons. The van der Waals surface area contributed by atoms with Crippen LogP contribution >= 0.6 is 24.0 Å². The van der Waals surface area contributed by atoms with E-state index in [0.717, 1.165) is 6.54 Å². The Balaban J connectivity index is 0.00000288.